The van der Waals surface area contributed by atoms with E-state index in [9.17, 15) is 4.79 Å². The van der Waals surface area contributed by atoms with Crippen LogP contribution in [0.1, 0.15) is 9.67 Å². The van der Waals surface area contributed by atoms with Gasteiger partial charge in [-0.2, -0.15) is 9.78 Å². The zero-order chi connectivity index (χ0) is 10.1. The molecule has 2 aromatic heterocycles. The van der Waals surface area contributed by atoms with Crippen LogP contribution in [-0.4, -0.2) is 20.7 Å². The number of thiophene rings is 1. The van der Waals surface area contributed by atoms with Crippen LogP contribution < -0.4 is 0 Å². The molecular formula is C7H3Br2N3OS. The van der Waals surface area contributed by atoms with Crippen LogP contribution in [0.3, 0.4) is 0 Å². The van der Waals surface area contributed by atoms with Crippen molar-refractivity contribution < 1.29 is 4.79 Å². The summed E-state index contributed by atoms with van der Waals surface area (Å²) in [7, 11) is 0. The highest BCUT2D eigenvalue weighted by Gasteiger charge is 2.13. The van der Waals surface area contributed by atoms with Gasteiger partial charge in [-0.1, -0.05) is 0 Å². The summed E-state index contributed by atoms with van der Waals surface area (Å²) < 4.78 is 2.96. The van der Waals surface area contributed by atoms with Crippen LogP contribution >= 0.6 is 43.2 Å². The van der Waals surface area contributed by atoms with Crippen LogP contribution in [0, 0.1) is 0 Å². The second-order valence-corrected chi connectivity index (χ2v) is 5.60. The number of nitrogens with zero attached hydrogens (tertiary/aromatic N) is 3. The molecule has 0 aliphatic rings. The lowest BCUT2D eigenvalue weighted by Crippen LogP contribution is -2.10. The summed E-state index contributed by atoms with van der Waals surface area (Å²) in [5.74, 6) is -0.182. The predicted molar refractivity (Wildman–Crippen MR) is 59.5 cm³/mol. The molecule has 0 radical (unpaired) electrons. The quantitative estimate of drug-likeness (QED) is 0.804. The topological polar surface area (TPSA) is 47.8 Å². The Balaban J connectivity index is 2.37. The maximum absolute atomic E-state index is 11.7. The van der Waals surface area contributed by atoms with Crippen molar-refractivity contribution in [3.8, 4) is 0 Å². The van der Waals surface area contributed by atoms with Gasteiger partial charge in [0, 0.05) is 4.47 Å². The van der Waals surface area contributed by atoms with Crippen LogP contribution in [0.2, 0.25) is 0 Å². The molecule has 0 fully saturated rings. The van der Waals surface area contributed by atoms with E-state index in [0.29, 0.717) is 4.88 Å². The Morgan fingerprint density at radius 3 is 2.79 bits per heavy atom. The van der Waals surface area contributed by atoms with Crippen molar-refractivity contribution in [3.05, 3.63) is 31.9 Å². The number of rotatable bonds is 1. The molecule has 0 aromatic carbocycles. The molecule has 0 spiro atoms. The molecule has 4 nitrogen and oxygen atoms in total. The number of hydrogen-bond acceptors (Lipinski definition) is 4. The standard InChI is InChI=1S/C7H3Br2N3OS/c8-4-1-5(14-6(4)9)7(13)12-3-10-2-11-12/h1-3H. The third kappa shape index (κ3) is 1.79. The molecule has 2 aromatic rings. The van der Waals surface area contributed by atoms with Gasteiger partial charge in [0.15, 0.2) is 0 Å². The molecule has 0 aliphatic carbocycles. The second kappa shape index (κ2) is 3.92. The van der Waals surface area contributed by atoms with Gasteiger partial charge in [0.25, 0.3) is 5.91 Å². The van der Waals surface area contributed by atoms with E-state index in [0.717, 1.165) is 8.26 Å². The Morgan fingerprint density at radius 1 is 1.50 bits per heavy atom. The molecular weight excluding hydrogens is 334 g/mol. The molecule has 14 heavy (non-hydrogen) atoms. The van der Waals surface area contributed by atoms with Crippen molar-refractivity contribution >= 4 is 49.1 Å². The first-order valence-electron chi connectivity index (χ1n) is 3.52. The lowest BCUT2D eigenvalue weighted by molar-refractivity contribution is 0.0949. The van der Waals surface area contributed by atoms with E-state index in [-0.39, 0.29) is 5.91 Å². The maximum atomic E-state index is 11.7. The fourth-order valence-electron chi connectivity index (χ4n) is 0.878. The predicted octanol–water partition coefficient (Wildman–Crippen LogP) is 2.55. The molecule has 0 amide bonds. The smallest absolute Gasteiger partial charge is 0.266 e. The highest BCUT2D eigenvalue weighted by atomic mass is 79.9. The molecule has 0 saturated carbocycles. The summed E-state index contributed by atoms with van der Waals surface area (Å²) in [4.78, 5) is 16.0. The maximum Gasteiger partial charge on any atom is 0.289 e. The van der Waals surface area contributed by atoms with E-state index in [1.807, 2.05) is 0 Å². The first-order valence-corrected chi connectivity index (χ1v) is 5.93. The molecule has 0 atom stereocenters. The second-order valence-electron chi connectivity index (χ2n) is 2.38. The van der Waals surface area contributed by atoms with Crippen molar-refractivity contribution in [2.45, 2.75) is 0 Å². The minimum Gasteiger partial charge on any atom is -0.266 e. The SMILES string of the molecule is O=C(c1cc(Br)c(Br)s1)n1cncn1. The van der Waals surface area contributed by atoms with Crippen molar-refractivity contribution in [1.82, 2.24) is 14.8 Å². The lowest BCUT2D eigenvalue weighted by atomic mass is 10.4. The van der Waals surface area contributed by atoms with Gasteiger partial charge < -0.3 is 0 Å². The average Bonchev–Trinajstić information content (AvgIpc) is 2.76. The van der Waals surface area contributed by atoms with Gasteiger partial charge in [-0.3, -0.25) is 4.79 Å². The number of carbonyl (C=O) groups is 1. The van der Waals surface area contributed by atoms with Crippen molar-refractivity contribution in [2.24, 2.45) is 0 Å². The van der Waals surface area contributed by atoms with Crippen molar-refractivity contribution in [2.75, 3.05) is 0 Å². The van der Waals surface area contributed by atoms with Crippen LogP contribution in [0.5, 0.6) is 0 Å². The lowest BCUT2D eigenvalue weighted by Gasteiger charge is -1.93. The summed E-state index contributed by atoms with van der Waals surface area (Å²) in [6.07, 6.45) is 2.71. The van der Waals surface area contributed by atoms with E-state index < -0.39 is 0 Å². The number of carbonyl (C=O) groups excluding carboxylic acids is 1. The first-order chi connectivity index (χ1) is 6.68. The zero-order valence-corrected chi connectivity index (χ0v) is 10.6. The fourth-order valence-corrected chi connectivity index (χ4v) is 2.85. The van der Waals surface area contributed by atoms with Gasteiger partial charge in [-0.05, 0) is 37.9 Å². The summed E-state index contributed by atoms with van der Waals surface area (Å²) in [5.41, 5.74) is 0. The van der Waals surface area contributed by atoms with E-state index in [1.165, 1.54) is 28.7 Å². The largest absolute Gasteiger partial charge is 0.289 e. The molecule has 0 saturated heterocycles. The van der Waals surface area contributed by atoms with E-state index in [1.54, 1.807) is 6.07 Å². The summed E-state index contributed by atoms with van der Waals surface area (Å²) in [6, 6.07) is 1.75. The highest BCUT2D eigenvalue weighted by Crippen LogP contribution is 2.32. The molecule has 0 aliphatic heterocycles. The highest BCUT2D eigenvalue weighted by molar-refractivity contribution is 9.13. The fraction of sp³-hybridized carbons (Fsp3) is 0. The van der Waals surface area contributed by atoms with Gasteiger partial charge in [-0.25, -0.2) is 4.98 Å². The molecule has 0 bridgehead atoms. The molecule has 72 valence electrons. The Hall–Kier alpha value is -0.530. The van der Waals surface area contributed by atoms with E-state index in [2.05, 4.69) is 41.9 Å². The first kappa shape index (κ1) is 10.0. The van der Waals surface area contributed by atoms with Crippen molar-refractivity contribution in [3.63, 3.8) is 0 Å². The van der Waals surface area contributed by atoms with Gasteiger partial charge in [0.05, 0.1) is 8.66 Å². The van der Waals surface area contributed by atoms with Crippen molar-refractivity contribution in [1.29, 1.82) is 0 Å². The van der Waals surface area contributed by atoms with E-state index >= 15 is 0 Å². The van der Waals surface area contributed by atoms with Crippen LogP contribution in [0.4, 0.5) is 0 Å². The third-order valence-electron chi connectivity index (χ3n) is 1.48. The van der Waals surface area contributed by atoms with Crippen LogP contribution in [0.25, 0.3) is 0 Å². The molecule has 2 rings (SSSR count). The number of aromatic nitrogens is 3. The summed E-state index contributed by atoms with van der Waals surface area (Å²) in [5, 5.41) is 3.76. The normalized spacial score (nSPS) is 10.4. The van der Waals surface area contributed by atoms with E-state index in [4.69, 9.17) is 0 Å². The molecule has 2 heterocycles. The minimum absolute atomic E-state index is 0.182. The third-order valence-corrected chi connectivity index (χ3v) is 4.73. The Morgan fingerprint density at radius 2 is 2.29 bits per heavy atom. The number of halogens is 2. The Kier molecular flexibility index (Phi) is 2.80. The minimum atomic E-state index is -0.182. The van der Waals surface area contributed by atoms with Crippen LogP contribution in [-0.2, 0) is 0 Å². The van der Waals surface area contributed by atoms with Gasteiger partial charge in [0.2, 0.25) is 0 Å². The summed E-state index contributed by atoms with van der Waals surface area (Å²) >= 11 is 7.99. The Labute approximate surface area is 100 Å². The van der Waals surface area contributed by atoms with Crippen LogP contribution in [0.15, 0.2) is 27.0 Å². The van der Waals surface area contributed by atoms with Gasteiger partial charge >= 0.3 is 0 Å². The van der Waals surface area contributed by atoms with Gasteiger partial charge in [-0.15, -0.1) is 11.3 Å². The van der Waals surface area contributed by atoms with Gasteiger partial charge in [0.1, 0.15) is 12.7 Å². The average molecular weight is 337 g/mol. The Bertz CT molecular complexity index is 446. The number of hydrogen-bond donors (Lipinski definition) is 0. The molecule has 0 unspecified atom stereocenters. The zero-order valence-electron chi connectivity index (χ0n) is 6.65. The summed E-state index contributed by atoms with van der Waals surface area (Å²) in [6.45, 7) is 0. The molecule has 7 heteroatoms. The monoisotopic (exact) mass is 335 g/mol. The molecule has 0 N–H and O–H groups in total.